The Morgan fingerprint density at radius 2 is 1.85 bits per heavy atom. The monoisotopic (exact) mass is 581 g/mol. The third-order valence-electron chi connectivity index (χ3n) is 3.84. The van der Waals surface area contributed by atoms with Crippen LogP contribution >= 0.6 is 0 Å². The van der Waals surface area contributed by atoms with Crippen LogP contribution in [-0.2, 0) is 24.7 Å². The summed E-state index contributed by atoms with van der Waals surface area (Å²) in [6, 6.07) is 9.06. The first-order chi connectivity index (χ1) is 8.70. The van der Waals surface area contributed by atoms with E-state index in [9.17, 15) is 0 Å². The molecule has 0 heterocycles. The minimum absolute atomic E-state index is 0. The Labute approximate surface area is 172 Å². The molecular formula is C16H17I2SiZr. The van der Waals surface area contributed by atoms with Crippen LogP contribution in [0.4, 0.5) is 0 Å². The molecule has 0 saturated heterocycles. The van der Waals surface area contributed by atoms with Crippen LogP contribution < -0.4 is 48.0 Å². The Morgan fingerprint density at radius 1 is 1.15 bits per heavy atom. The number of fused-ring (bicyclic) bond motifs is 1. The van der Waals surface area contributed by atoms with E-state index in [1.54, 1.807) is 52.2 Å². The third-order valence-corrected chi connectivity index (χ3v) is 7.09. The molecule has 0 nitrogen and oxygen atoms in total. The van der Waals surface area contributed by atoms with E-state index in [1.807, 2.05) is 0 Å². The summed E-state index contributed by atoms with van der Waals surface area (Å²) in [5.74, 6) is 0. The molecule has 20 heavy (non-hydrogen) atoms. The number of halogens is 2. The molecule has 0 bridgehead atoms. The zero-order chi connectivity index (χ0) is 12.7. The fraction of sp³-hybridized carbons (Fsp3) is 0.250. The first-order valence-electron chi connectivity index (χ1n) is 6.60. The van der Waals surface area contributed by atoms with E-state index in [0.29, 0.717) is 3.63 Å². The molecule has 0 spiro atoms. The predicted octanol–water partition coefficient (Wildman–Crippen LogP) is -2.04. The third kappa shape index (κ3) is 3.33. The van der Waals surface area contributed by atoms with Gasteiger partial charge in [-0.2, -0.15) is 0 Å². The van der Waals surface area contributed by atoms with Gasteiger partial charge in [-0.3, -0.25) is 0 Å². The van der Waals surface area contributed by atoms with Gasteiger partial charge in [0.05, 0.1) is 0 Å². The molecule has 0 saturated carbocycles. The van der Waals surface area contributed by atoms with Gasteiger partial charge in [0.2, 0.25) is 0 Å². The molecule has 0 fully saturated rings. The molecule has 1 unspecified atom stereocenters. The van der Waals surface area contributed by atoms with Crippen molar-refractivity contribution in [3.63, 3.8) is 0 Å². The summed E-state index contributed by atoms with van der Waals surface area (Å²) in [6.45, 7) is 4.92. The smallest absolute Gasteiger partial charge is 1.00 e. The average Bonchev–Trinajstić information content (AvgIpc) is 2.96. The van der Waals surface area contributed by atoms with Crippen LogP contribution in [0.3, 0.4) is 0 Å². The quantitative estimate of drug-likeness (QED) is 0.279. The Morgan fingerprint density at radius 3 is 2.45 bits per heavy atom. The van der Waals surface area contributed by atoms with Crippen LogP contribution in [0.5, 0.6) is 0 Å². The molecule has 0 radical (unpaired) electrons. The minimum Gasteiger partial charge on any atom is -1.00 e. The van der Waals surface area contributed by atoms with E-state index in [-0.39, 0.29) is 48.0 Å². The van der Waals surface area contributed by atoms with Crippen LogP contribution in [0.2, 0.25) is 13.1 Å². The van der Waals surface area contributed by atoms with Crippen LogP contribution in [0.15, 0.2) is 53.6 Å². The Bertz CT molecular complexity index is 588. The van der Waals surface area contributed by atoms with Crippen molar-refractivity contribution in [1.29, 1.82) is 0 Å². The van der Waals surface area contributed by atoms with Crippen molar-refractivity contribution < 1.29 is 72.7 Å². The number of rotatable bonds is 2. The summed E-state index contributed by atoms with van der Waals surface area (Å²) in [6.07, 6.45) is 7.97. The maximum Gasteiger partial charge on any atom is -1.00 e. The van der Waals surface area contributed by atoms with Gasteiger partial charge in [-0.1, -0.05) is 0 Å². The van der Waals surface area contributed by atoms with Crippen LogP contribution in [0.1, 0.15) is 21.2 Å². The molecule has 0 N–H and O–H groups in total. The van der Waals surface area contributed by atoms with Crippen LogP contribution in [0.25, 0.3) is 5.20 Å². The van der Waals surface area contributed by atoms with Crippen molar-refractivity contribution in [3.05, 3.63) is 64.8 Å². The average molecular weight is 582 g/mol. The van der Waals surface area contributed by atoms with E-state index in [4.69, 9.17) is 0 Å². The molecule has 1 atom stereocenters. The van der Waals surface area contributed by atoms with Crippen molar-refractivity contribution in [2.75, 3.05) is 0 Å². The SMILES string of the molecule is C[SiH](C)C1=C(C2=CC=CC2)[CH]([Zr+2])c2ccccc21.[I-].[I-]. The van der Waals surface area contributed by atoms with Gasteiger partial charge in [-0.15, -0.1) is 0 Å². The van der Waals surface area contributed by atoms with Crippen molar-refractivity contribution in [2.45, 2.75) is 23.1 Å². The second-order valence-corrected chi connectivity index (χ2v) is 9.63. The fourth-order valence-corrected chi connectivity index (χ4v) is 6.80. The van der Waals surface area contributed by atoms with Gasteiger partial charge >= 0.3 is 127 Å². The molecule has 3 rings (SSSR count). The molecule has 2 aliphatic rings. The molecule has 0 aliphatic heterocycles. The Hall–Kier alpha value is 1.000. The van der Waals surface area contributed by atoms with Gasteiger partial charge in [0.15, 0.2) is 0 Å². The first-order valence-corrected chi connectivity index (χ1v) is 10.9. The molecule has 103 valence electrons. The Balaban J connectivity index is 0.000001000. The number of benzene rings is 1. The number of hydrogen-bond donors (Lipinski definition) is 0. The van der Waals surface area contributed by atoms with E-state index in [0.717, 1.165) is 6.42 Å². The van der Waals surface area contributed by atoms with E-state index < -0.39 is 8.80 Å². The molecule has 0 amide bonds. The maximum absolute atomic E-state index is 2.46. The second kappa shape index (κ2) is 8.02. The fourth-order valence-electron chi connectivity index (χ4n) is 3.08. The molecule has 2 aliphatic carbocycles. The maximum atomic E-state index is 2.46. The minimum atomic E-state index is -0.787. The molecule has 1 aromatic rings. The summed E-state index contributed by atoms with van der Waals surface area (Å²) in [7, 11) is -0.787. The Kier molecular flexibility index (Phi) is 7.64. The summed E-state index contributed by atoms with van der Waals surface area (Å²) >= 11 is 1.63. The largest absolute Gasteiger partial charge is 1.00 e. The van der Waals surface area contributed by atoms with Gasteiger partial charge in [-0.25, -0.2) is 0 Å². The number of hydrogen-bond acceptors (Lipinski definition) is 0. The normalized spacial score (nSPS) is 19.6. The van der Waals surface area contributed by atoms with Gasteiger partial charge in [-0.05, 0) is 0 Å². The van der Waals surface area contributed by atoms with Crippen molar-refractivity contribution in [1.82, 2.24) is 0 Å². The summed E-state index contributed by atoms with van der Waals surface area (Å²) in [5.41, 5.74) is 6.39. The topological polar surface area (TPSA) is 0 Å². The van der Waals surface area contributed by atoms with Gasteiger partial charge in [0.25, 0.3) is 0 Å². The van der Waals surface area contributed by atoms with E-state index in [1.165, 1.54) is 0 Å². The van der Waals surface area contributed by atoms with Gasteiger partial charge < -0.3 is 48.0 Å². The van der Waals surface area contributed by atoms with Gasteiger partial charge in [0.1, 0.15) is 0 Å². The standard InChI is InChI=1S/C16H17Si.2HI.Zr/c1-17(2)16-14-10-6-5-9-13(14)11-15(16)12-7-3-4-8-12;;;/h3-7,9-11,17H,8H2,1-2H3;2*1H;/q;;;+2/p-2. The first kappa shape index (κ1) is 19.0. The zero-order valence-electron chi connectivity index (χ0n) is 11.7. The van der Waals surface area contributed by atoms with Crippen molar-refractivity contribution in [2.24, 2.45) is 0 Å². The summed E-state index contributed by atoms with van der Waals surface area (Å²) in [4.78, 5) is 0. The van der Waals surface area contributed by atoms with E-state index in [2.05, 4.69) is 55.6 Å². The van der Waals surface area contributed by atoms with Crippen LogP contribution in [-0.4, -0.2) is 8.80 Å². The van der Waals surface area contributed by atoms with Crippen molar-refractivity contribution >= 4 is 14.0 Å². The van der Waals surface area contributed by atoms with E-state index >= 15 is 0 Å². The number of allylic oxidation sites excluding steroid dienone is 5. The zero-order valence-corrected chi connectivity index (χ0v) is 19.6. The summed E-state index contributed by atoms with van der Waals surface area (Å²) < 4.78 is 0.671. The molecule has 4 heteroatoms. The second-order valence-electron chi connectivity index (χ2n) is 5.33. The molecule has 0 aromatic heterocycles. The molecular weight excluding hydrogens is 565 g/mol. The van der Waals surface area contributed by atoms with Crippen molar-refractivity contribution in [3.8, 4) is 0 Å². The predicted molar refractivity (Wildman–Crippen MR) is 76.8 cm³/mol. The van der Waals surface area contributed by atoms with Crippen LogP contribution in [0, 0.1) is 0 Å². The van der Waals surface area contributed by atoms with Gasteiger partial charge in [0, 0.05) is 0 Å². The molecule has 1 aromatic carbocycles. The summed E-state index contributed by atoms with van der Waals surface area (Å²) in [5, 5.41) is 1.72.